The molecule has 14 rings (SSSR count). The highest BCUT2D eigenvalue weighted by molar-refractivity contribution is 6.09. The Kier molecular flexibility index (Phi) is 10.1. The van der Waals surface area contributed by atoms with Gasteiger partial charge in [-0.3, -0.25) is 0 Å². The summed E-state index contributed by atoms with van der Waals surface area (Å²) in [6, 6.07) is 81.0. The van der Waals surface area contributed by atoms with E-state index in [-0.39, 0.29) is 21.7 Å². The van der Waals surface area contributed by atoms with Gasteiger partial charge in [0.2, 0.25) is 0 Å². The predicted octanol–water partition coefficient (Wildman–Crippen LogP) is 20.3. The first-order chi connectivity index (χ1) is 37.0. The minimum atomic E-state index is -0.693. The molecule has 0 bridgehead atoms. The number of hydrogen-bond donors (Lipinski definition) is 0. The first-order valence-electron chi connectivity index (χ1n) is 27.7. The molecule has 0 aliphatic heterocycles. The zero-order valence-electron chi connectivity index (χ0n) is 46.1. The normalized spacial score (nSPS) is 16.4. The molecule has 77 heavy (non-hydrogen) atoms. The Morgan fingerprint density at radius 3 is 1.49 bits per heavy atom. The summed E-state index contributed by atoms with van der Waals surface area (Å²) < 4.78 is 6.65. The lowest BCUT2D eigenvalue weighted by molar-refractivity contribution is 0.586. The molecule has 0 saturated heterocycles. The van der Waals surface area contributed by atoms with Crippen LogP contribution in [0.2, 0.25) is 0 Å². The molecule has 0 amide bonds. The quantitative estimate of drug-likeness (QED) is 0.165. The highest BCUT2D eigenvalue weighted by atomic mass is 16.3. The molecule has 2 nitrogen and oxygen atoms in total. The van der Waals surface area contributed by atoms with Crippen molar-refractivity contribution < 1.29 is 4.42 Å². The maximum atomic E-state index is 6.65. The number of nitrogens with zero attached hydrogens (tertiary/aromatic N) is 1. The molecule has 1 atom stereocenters. The summed E-state index contributed by atoms with van der Waals surface area (Å²) in [6.45, 7) is 23.8. The van der Waals surface area contributed by atoms with Gasteiger partial charge in [0.05, 0.1) is 11.1 Å². The van der Waals surface area contributed by atoms with Crippen molar-refractivity contribution in [2.24, 2.45) is 0 Å². The third kappa shape index (κ3) is 6.80. The van der Waals surface area contributed by atoms with Crippen LogP contribution in [0.1, 0.15) is 125 Å². The molecule has 0 fully saturated rings. The standard InChI is InChI=1S/C75H65NO/c1-71(2,3)49-35-38-60-65(41-49)75(47-21-12-11-13-22-47,48-33-31-46(32-34-48)53-26-20-27-59-58-25-16-19-30-68(58)77-70(53)59)66-42-50(72(4,5)6)43-67(69(60)66)76(51-36-39-56-54-23-14-17-28-61(54)73(7,8)63(56)44-51)52-37-40-57-55-24-15-18-29-62(55)74(9,10)64(57)45-52/h11-45H,1-10H3. The van der Waals surface area contributed by atoms with Crippen molar-refractivity contribution in [3.8, 4) is 44.5 Å². The molecule has 3 aliphatic rings. The van der Waals surface area contributed by atoms with Gasteiger partial charge in [-0.05, 0) is 136 Å². The molecule has 1 unspecified atom stereocenters. The molecular weight excluding hydrogens is 931 g/mol. The molecule has 3 aliphatic carbocycles. The van der Waals surface area contributed by atoms with Crippen LogP contribution in [0, 0.1) is 0 Å². The van der Waals surface area contributed by atoms with Crippen LogP contribution in [0.3, 0.4) is 0 Å². The van der Waals surface area contributed by atoms with E-state index < -0.39 is 5.41 Å². The fourth-order valence-electron chi connectivity index (χ4n) is 13.9. The molecule has 1 aromatic heterocycles. The highest BCUT2D eigenvalue weighted by Crippen LogP contribution is 2.62. The topological polar surface area (TPSA) is 16.4 Å². The third-order valence-electron chi connectivity index (χ3n) is 18.1. The molecule has 1 heterocycles. The number of anilines is 3. The van der Waals surface area contributed by atoms with Gasteiger partial charge in [0, 0.05) is 44.1 Å². The predicted molar refractivity (Wildman–Crippen MR) is 324 cm³/mol. The highest BCUT2D eigenvalue weighted by Gasteiger charge is 2.49. The molecular formula is C75H65NO. The summed E-state index contributed by atoms with van der Waals surface area (Å²) in [5.74, 6) is 0. The summed E-state index contributed by atoms with van der Waals surface area (Å²) in [5, 5.41) is 2.27. The van der Waals surface area contributed by atoms with Crippen molar-refractivity contribution in [1.82, 2.24) is 0 Å². The molecule has 0 spiro atoms. The summed E-state index contributed by atoms with van der Waals surface area (Å²) in [4.78, 5) is 2.63. The van der Waals surface area contributed by atoms with Crippen LogP contribution >= 0.6 is 0 Å². The van der Waals surface area contributed by atoms with Crippen molar-refractivity contribution in [2.45, 2.75) is 96.3 Å². The number of hydrogen-bond acceptors (Lipinski definition) is 2. The minimum Gasteiger partial charge on any atom is -0.455 e. The van der Waals surface area contributed by atoms with Crippen LogP contribution < -0.4 is 4.90 Å². The van der Waals surface area contributed by atoms with Crippen LogP contribution in [0.15, 0.2) is 217 Å². The molecule has 376 valence electrons. The zero-order valence-corrected chi connectivity index (χ0v) is 46.1. The fourth-order valence-corrected chi connectivity index (χ4v) is 13.9. The van der Waals surface area contributed by atoms with E-state index in [9.17, 15) is 0 Å². The molecule has 0 saturated carbocycles. The lowest BCUT2D eigenvalue weighted by Crippen LogP contribution is -2.30. The van der Waals surface area contributed by atoms with Gasteiger partial charge in [-0.15, -0.1) is 0 Å². The monoisotopic (exact) mass is 996 g/mol. The van der Waals surface area contributed by atoms with Crippen LogP contribution in [0.25, 0.3) is 66.4 Å². The van der Waals surface area contributed by atoms with Crippen LogP contribution in [-0.4, -0.2) is 0 Å². The maximum Gasteiger partial charge on any atom is 0.143 e. The van der Waals surface area contributed by atoms with E-state index in [1.54, 1.807) is 0 Å². The summed E-state index contributed by atoms with van der Waals surface area (Å²) >= 11 is 0. The Morgan fingerprint density at radius 2 is 0.870 bits per heavy atom. The number of fused-ring (bicyclic) bond motifs is 12. The Bertz CT molecular complexity index is 4120. The van der Waals surface area contributed by atoms with E-state index in [2.05, 4.69) is 286 Å². The van der Waals surface area contributed by atoms with Gasteiger partial charge in [0.15, 0.2) is 0 Å². The SMILES string of the molecule is CC(C)(C)c1ccc2c(c1)C(c1ccccc1)(c1ccc(-c3cccc4c3oc3ccccc34)cc1)c1cc(C(C)(C)C)cc(N(c3ccc4c(c3)C(C)(C)c3ccccc3-4)c3ccc4c(c3)C(C)(C)c3ccccc3-4)c1-2. The van der Waals surface area contributed by atoms with Crippen molar-refractivity contribution in [3.63, 3.8) is 0 Å². The Balaban J connectivity index is 1.07. The number of benzene rings is 10. The first kappa shape index (κ1) is 47.3. The summed E-state index contributed by atoms with van der Waals surface area (Å²) in [7, 11) is 0. The van der Waals surface area contributed by atoms with Gasteiger partial charge >= 0.3 is 0 Å². The Hall–Kier alpha value is -8.20. The van der Waals surface area contributed by atoms with Crippen molar-refractivity contribution in [2.75, 3.05) is 4.90 Å². The second-order valence-corrected chi connectivity index (χ2v) is 25.3. The fraction of sp³-hybridized carbons (Fsp3) is 0.200. The number of rotatable bonds is 6. The summed E-state index contributed by atoms with van der Waals surface area (Å²) in [6.07, 6.45) is 0. The van der Waals surface area contributed by atoms with Gasteiger partial charge in [0.1, 0.15) is 11.2 Å². The molecule has 2 heteroatoms. The van der Waals surface area contributed by atoms with Crippen molar-refractivity contribution in [3.05, 3.63) is 268 Å². The van der Waals surface area contributed by atoms with Crippen molar-refractivity contribution >= 4 is 39.0 Å². The third-order valence-corrected chi connectivity index (χ3v) is 18.1. The molecule has 0 N–H and O–H groups in total. The first-order valence-corrected chi connectivity index (χ1v) is 27.7. The number of furan rings is 1. The molecule has 11 aromatic rings. The van der Waals surface area contributed by atoms with E-state index >= 15 is 0 Å². The van der Waals surface area contributed by atoms with E-state index in [0.29, 0.717) is 0 Å². The van der Waals surface area contributed by atoms with E-state index in [4.69, 9.17) is 4.42 Å². The van der Waals surface area contributed by atoms with Gasteiger partial charge in [0.25, 0.3) is 0 Å². The lowest BCUT2D eigenvalue weighted by atomic mass is 9.66. The van der Waals surface area contributed by atoms with E-state index in [1.165, 1.54) is 94.7 Å². The van der Waals surface area contributed by atoms with Crippen LogP contribution in [-0.2, 0) is 27.1 Å². The van der Waals surface area contributed by atoms with Gasteiger partial charge in [-0.1, -0.05) is 245 Å². The van der Waals surface area contributed by atoms with Gasteiger partial charge in [-0.2, -0.15) is 0 Å². The zero-order chi connectivity index (χ0) is 53.0. The van der Waals surface area contributed by atoms with E-state index in [1.807, 2.05) is 0 Å². The van der Waals surface area contributed by atoms with Crippen molar-refractivity contribution in [1.29, 1.82) is 0 Å². The Morgan fingerprint density at radius 1 is 0.364 bits per heavy atom. The smallest absolute Gasteiger partial charge is 0.143 e. The summed E-state index contributed by atoms with van der Waals surface area (Å²) in [5.41, 5.74) is 27.1. The van der Waals surface area contributed by atoms with Crippen LogP contribution in [0.4, 0.5) is 17.1 Å². The average Bonchev–Trinajstić information content (AvgIpc) is 4.26. The van der Waals surface area contributed by atoms with Gasteiger partial charge in [-0.25, -0.2) is 0 Å². The number of para-hydroxylation sites is 2. The average molecular weight is 996 g/mol. The molecule has 10 aromatic carbocycles. The van der Waals surface area contributed by atoms with Gasteiger partial charge < -0.3 is 9.32 Å². The Labute approximate surface area is 454 Å². The second-order valence-electron chi connectivity index (χ2n) is 25.3. The second kappa shape index (κ2) is 16.4. The van der Waals surface area contributed by atoms with E-state index in [0.717, 1.165) is 44.4 Å². The lowest BCUT2D eigenvalue weighted by Gasteiger charge is -2.37. The molecule has 0 radical (unpaired) electrons. The largest absolute Gasteiger partial charge is 0.455 e. The minimum absolute atomic E-state index is 0.101. The maximum absolute atomic E-state index is 6.65. The van der Waals surface area contributed by atoms with Crippen LogP contribution in [0.5, 0.6) is 0 Å².